The molecule has 0 fully saturated rings. The summed E-state index contributed by atoms with van der Waals surface area (Å²) in [5.74, 6) is -1.43. The second kappa shape index (κ2) is 17.4. The van der Waals surface area contributed by atoms with Gasteiger partial charge < -0.3 is 34.6 Å². The molecule has 3 amide bonds. The Morgan fingerprint density at radius 2 is 1.46 bits per heavy atom. The third-order valence-electron chi connectivity index (χ3n) is 7.31. The molecule has 0 aliphatic carbocycles. The predicted molar refractivity (Wildman–Crippen MR) is 178 cm³/mol. The summed E-state index contributed by atoms with van der Waals surface area (Å²) in [4.78, 5) is 52.5. The Bertz CT molecular complexity index is 1500. The zero-order valence-electron chi connectivity index (χ0n) is 27.1. The minimum absolute atomic E-state index is 0.0637. The van der Waals surface area contributed by atoms with Crippen molar-refractivity contribution in [3.63, 3.8) is 0 Å². The Kier molecular flexibility index (Phi) is 13.7. The van der Waals surface area contributed by atoms with Gasteiger partial charge in [-0.2, -0.15) is 0 Å². The second-order valence-corrected chi connectivity index (χ2v) is 13.3. The first-order valence-electron chi connectivity index (χ1n) is 15.2. The summed E-state index contributed by atoms with van der Waals surface area (Å²) in [5, 5.41) is 5.43. The summed E-state index contributed by atoms with van der Waals surface area (Å²) in [5.41, 5.74) is 1.65. The first-order chi connectivity index (χ1) is 22.1. The summed E-state index contributed by atoms with van der Waals surface area (Å²) in [6, 6.07) is 18.5. The Labute approximate surface area is 270 Å². The molecule has 0 aliphatic rings. The predicted octanol–water partition coefficient (Wildman–Crippen LogP) is 5.57. The molecule has 0 saturated heterocycles. The van der Waals surface area contributed by atoms with Crippen molar-refractivity contribution < 1.29 is 38.1 Å². The van der Waals surface area contributed by atoms with Crippen molar-refractivity contribution in [3.05, 3.63) is 83.4 Å². The number of ether oxygens (including phenoxy) is 3. The molecule has 0 bridgehead atoms. The van der Waals surface area contributed by atoms with E-state index < -0.39 is 25.0 Å². The van der Waals surface area contributed by atoms with Crippen LogP contribution < -0.4 is 24.8 Å². The smallest absolute Gasteiger partial charge is 0.253 e. The maximum absolute atomic E-state index is 13.8. The molecular weight excluding hydrogens is 609 g/mol. The van der Waals surface area contributed by atoms with E-state index in [1.807, 2.05) is 19.9 Å². The highest BCUT2D eigenvalue weighted by molar-refractivity contribution is 7.58. The molecule has 0 aromatic heterocycles. The van der Waals surface area contributed by atoms with E-state index in [4.69, 9.17) is 14.2 Å². The van der Waals surface area contributed by atoms with Gasteiger partial charge in [-0.15, -0.1) is 0 Å². The summed E-state index contributed by atoms with van der Waals surface area (Å²) >= 11 is 0. The number of rotatable bonds is 17. The van der Waals surface area contributed by atoms with Crippen LogP contribution in [0.5, 0.6) is 17.2 Å². The van der Waals surface area contributed by atoms with Crippen LogP contribution in [-0.4, -0.2) is 73.9 Å². The quantitative estimate of drug-likeness (QED) is 0.161. The van der Waals surface area contributed by atoms with Gasteiger partial charge in [0, 0.05) is 61.0 Å². The van der Waals surface area contributed by atoms with Gasteiger partial charge in [-0.25, -0.2) is 0 Å². The lowest BCUT2D eigenvalue weighted by molar-refractivity contribution is -0.115. The first kappa shape index (κ1) is 36.1. The monoisotopic (exact) mass is 653 g/mol. The fourth-order valence-corrected chi connectivity index (χ4v) is 6.64. The van der Waals surface area contributed by atoms with E-state index >= 15 is 0 Å². The number of hydrogen-bond donors (Lipinski definition) is 3. The summed E-state index contributed by atoms with van der Waals surface area (Å²) < 4.78 is 29.7. The van der Waals surface area contributed by atoms with Crippen LogP contribution in [0.1, 0.15) is 59.4 Å². The summed E-state index contributed by atoms with van der Waals surface area (Å²) in [6.45, 7) is 5.19. The van der Waals surface area contributed by atoms with Gasteiger partial charge in [0.2, 0.25) is 19.0 Å². The molecule has 0 radical (unpaired) electrons. The van der Waals surface area contributed by atoms with Gasteiger partial charge in [0.05, 0.1) is 21.3 Å². The van der Waals surface area contributed by atoms with Gasteiger partial charge in [0.1, 0.15) is 5.78 Å². The Morgan fingerprint density at radius 3 is 2.02 bits per heavy atom. The lowest BCUT2D eigenvalue weighted by Crippen LogP contribution is -2.37. The van der Waals surface area contributed by atoms with Crippen LogP contribution in [0.4, 0.5) is 5.69 Å². The molecule has 3 aromatic rings. The highest BCUT2D eigenvalue weighted by Gasteiger charge is 2.33. The van der Waals surface area contributed by atoms with Crippen molar-refractivity contribution in [3.8, 4) is 17.2 Å². The minimum atomic E-state index is -4.15. The molecule has 0 spiro atoms. The minimum Gasteiger partial charge on any atom is -0.493 e. The highest BCUT2D eigenvalue weighted by atomic mass is 31.2. The van der Waals surface area contributed by atoms with Crippen LogP contribution in [0.25, 0.3) is 0 Å². The normalized spacial score (nSPS) is 12.7. The van der Waals surface area contributed by atoms with Crippen LogP contribution >= 0.6 is 7.37 Å². The molecule has 0 aliphatic heterocycles. The maximum Gasteiger partial charge on any atom is 0.253 e. The van der Waals surface area contributed by atoms with Gasteiger partial charge in [0.25, 0.3) is 11.8 Å². The van der Waals surface area contributed by atoms with Gasteiger partial charge in [-0.3, -0.25) is 18.9 Å². The average Bonchev–Trinajstić information content (AvgIpc) is 3.06. The third-order valence-corrected chi connectivity index (χ3v) is 9.46. The van der Waals surface area contributed by atoms with Gasteiger partial charge >= 0.3 is 0 Å². The molecule has 248 valence electrons. The molecule has 3 aromatic carbocycles. The molecule has 2 unspecified atom stereocenters. The number of nitrogens with one attached hydrogen (secondary N) is 2. The number of carbonyl (C=O) groups is 3. The standard InChI is InChI=1S/C34H44N3O8P/c1-6-17-37(18-7-2)34(40)26-15-11-14-25(21-26)33(39)36-31(20-24-12-9-8-10-13-24)46(41,42)19-16-30(38)35-27-22-28(43-3)32(45-5)29(23-27)44-4/h8-15,21-23,31H,6-7,16-20H2,1-5H3,(H,35,38)(H,36,39)(H,41,42). The van der Waals surface area contributed by atoms with Gasteiger partial charge in [-0.05, 0) is 36.6 Å². The maximum atomic E-state index is 13.8. The third kappa shape index (κ3) is 9.83. The average molecular weight is 654 g/mol. The fourth-order valence-electron chi connectivity index (χ4n) is 4.99. The Balaban J connectivity index is 1.79. The number of nitrogens with zero attached hydrogens (tertiary/aromatic N) is 1. The van der Waals surface area contributed by atoms with Crippen LogP contribution in [0, 0.1) is 0 Å². The van der Waals surface area contributed by atoms with Crippen LogP contribution in [-0.2, 0) is 15.8 Å². The van der Waals surface area contributed by atoms with Crippen molar-refractivity contribution in [1.82, 2.24) is 10.2 Å². The SMILES string of the molecule is CCCN(CCC)C(=O)c1cccc(C(=O)NC(Cc2ccccc2)P(=O)(O)CCC(=O)Nc2cc(OC)c(OC)c(OC)c2)c1. The number of anilines is 1. The van der Waals surface area contributed by atoms with Gasteiger partial charge in [-0.1, -0.05) is 50.2 Å². The summed E-state index contributed by atoms with van der Waals surface area (Å²) in [7, 11) is 0.223. The topological polar surface area (TPSA) is 144 Å². The molecular formula is C34H44N3O8P. The zero-order chi connectivity index (χ0) is 33.7. The number of amides is 3. The van der Waals surface area contributed by atoms with Crippen LogP contribution in [0.15, 0.2) is 66.7 Å². The van der Waals surface area contributed by atoms with Crippen molar-refractivity contribution in [2.45, 2.75) is 45.3 Å². The van der Waals surface area contributed by atoms with E-state index in [9.17, 15) is 23.8 Å². The van der Waals surface area contributed by atoms with Crippen molar-refractivity contribution >= 4 is 30.8 Å². The Morgan fingerprint density at radius 1 is 0.848 bits per heavy atom. The summed E-state index contributed by atoms with van der Waals surface area (Å²) in [6.07, 6.45) is 0.996. The van der Waals surface area contributed by atoms with Crippen molar-refractivity contribution in [2.24, 2.45) is 0 Å². The number of methoxy groups -OCH3 is 3. The van der Waals surface area contributed by atoms with E-state index in [2.05, 4.69) is 10.6 Å². The molecule has 2 atom stereocenters. The first-order valence-corrected chi connectivity index (χ1v) is 17.1. The van der Waals surface area contributed by atoms with Crippen molar-refractivity contribution in [2.75, 3.05) is 45.9 Å². The van der Waals surface area contributed by atoms with Crippen molar-refractivity contribution in [1.29, 1.82) is 0 Å². The largest absolute Gasteiger partial charge is 0.493 e. The fraction of sp³-hybridized carbons (Fsp3) is 0.382. The van der Waals surface area contributed by atoms with Crippen LogP contribution in [0.3, 0.4) is 0 Å². The van der Waals surface area contributed by atoms with E-state index in [1.165, 1.54) is 27.4 Å². The van der Waals surface area contributed by atoms with Gasteiger partial charge in [0.15, 0.2) is 11.5 Å². The van der Waals surface area contributed by atoms with E-state index in [1.54, 1.807) is 59.5 Å². The lowest BCUT2D eigenvalue weighted by Gasteiger charge is -2.25. The van der Waals surface area contributed by atoms with E-state index in [0.29, 0.717) is 41.6 Å². The second-order valence-electron chi connectivity index (χ2n) is 10.7. The number of benzene rings is 3. The lowest BCUT2D eigenvalue weighted by atomic mass is 10.1. The molecule has 3 rings (SSSR count). The highest BCUT2D eigenvalue weighted by Crippen LogP contribution is 2.47. The number of carbonyl (C=O) groups excluding carboxylic acids is 3. The van der Waals surface area contributed by atoms with E-state index in [0.717, 1.165) is 18.4 Å². The molecule has 0 heterocycles. The van der Waals surface area contributed by atoms with Crippen LogP contribution in [0.2, 0.25) is 0 Å². The molecule has 0 saturated carbocycles. The zero-order valence-corrected chi connectivity index (χ0v) is 28.0. The van der Waals surface area contributed by atoms with E-state index in [-0.39, 0.29) is 30.5 Å². The molecule has 11 nitrogen and oxygen atoms in total. The Hall–Kier alpha value is -4.34. The molecule has 3 N–H and O–H groups in total. The molecule has 12 heteroatoms. The molecule has 46 heavy (non-hydrogen) atoms. The number of hydrogen-bond acceptors (Lipinski definition) is 7.